The molecule has 118 valence electrons. The Morgan fingerprint density at radius 2 is 2.09 bits per heavy atom. The molecule has 0 aromatic carbocycles. The summed E-state index contributed by atoms with van der Waals surface area (Å²) in [7, 11) is 0. The molecule has 3 heterocycles. The maximum Gasteiger partial charge on any atom is 0.267 e. The molecule has 23 heavy (non-hydrogen) atoms. The highest BCUT2D eigenvalue weighted by atomic mass is 16.5. The van der Waals surface area contributed by atoms with Crippen LogP contribution in [0.1, 0.15) is 11.4 Å². The lowest BCUT2D eigenvalue weighted by molar-refractivity contribution is -0.117. The second-order valence-electron chi connectivity index (χ2n) is 4.96. The van der Waals surface area contributed by atoms with Crippen molar-refractivity contribution in [1.82, 2.24) is 24.7 Å². The third-order valence-electron chi connectivity index (χ3n) is 3.08. The Morgan fingerprint density at radius 3 is 2.74 bits per heavy atom. The maximum absolute atomic E-state index is 11.9. The zero-order valence-electron chi connectivity index (χ0n) is 12.6. The molecule has 0 saturated heterocycles. The summed E-state index contributed by atoms with van der Waals surface area (Å²) in [5.74, 6) is 0.307. The molecule has 3 aromatic heterocycles. The van der Waals surface area contributed by atoms with Crippen LogP contribution in [0.15, 0.2) is 39.8 Å². The van der Waals surface area contributed by atoms with Gasteiger partial charge >= 0.3 is 0 Å². The van der Waals surface area contributed by atoms with Crippen LogP contribution >= 0.6 is 0 Å². The van der Waals surface area contributed by atoms with Crippen molar-refractivity contribution in [2.45, 2.75) is 20.4 Å². The SMILES string of the molecule is Cc1cc(C)n(-c2ccc(=O)n(CC(=O)Nc3ccon3)n2)n1. The average Bonchev–Trinajstić information content (AvgIpc) is 3.11. The first kappa shape index (κ1) is 14.7. The topological polar surface area (TPSA) is 108 Å². The van der Waals surface area contributed by atoms with Crippen LogP contribution in [0, 0.1) is 13.8 Å². The fraction of sp³-hybridized carbons (Fsp3) is 0.214. The highest BCUT2D eigenvalue weighted by Crippen LogP contribution is 2.08. The first-order chi connectivity index (χ1) is 11.0. The number of hydrogen-bond acceptors (Lipinski definition) is 6. The summed E-state index contributed by atoms with van der Waals surface area (Å²) in [6.07, 6.45) is 1.34. The summed E-state index contributed by atoms with van der Waals surface area (Å²) < 4.78 is 7.30. The van der Waals surface area contributed by atoms with Gasteiger partial charge in [-0.15, -0.1) is 5.10 Å². The minimum atomic E-state index is -0.431. The van der Waals surface area contributed by atoms with E-state index in [1.807, 2.05) is 19.9 Å². The fourth-order valence-electron chi connectivity index (χ4n) is 2.12. The molecular formula is C14H14N6O3. The van der Waals surface area contributed by atoms with E-state index in [2.05, 4.69) is 25.2 Å². The lowest BCUT2D eigenvalue weighted by atomic mass is 10.4. The molecule has 0 unspecified atom stereocenters. The molecule has 9 heteroatoms. The van der Waals surface area contributed by atoms with Crippen LogP contribution in [0.4, 0.5) is 5.82 Å². The van der Waals surface area contributed by atoms with Crippen molar-refractivity contribution in [2.75, 3.05) is 5.32 Å². The average molecular weight is 314 g/mol. The minimum Gasteiger partial charge on any atom is -0.363 e. The second kappa shape index (κ2) is 5.87. The summed E-state index contributed by atoms with van der Waals surface area (Å²) >= 11 is 0. The molecule has 0 aliphatic heterocycles. The number of carbonyl (C=O) groups is 1. The van der Waals surface area contributed by atoms with Crippen LogP contribution in [0.5, 0.6) is 0 Å². The zero-order valence-corrected chi connectivity index (χ0v) is 12.6. The minimum absolute atomic E-state index is 0.237. The van der Waals surface area contributed by atoms with Gasteiger partial charge in [-0.3, -0.25) is 9.59 Å². The van der Waals surface area contributed by atoms with E-state index in [0.717, 1.165) is 16.1 Å². The van der Waals surface area contributed by atoms with Crippen molar-refractivity contribution in [3.05, 3.63) is 52.3 Å². The van der Waals surface area contributed by atoms with Gasteiger partial charge in [0.25, 0.3) is 5.56 Å². The standard InChI is InChI=1S/C14H14N6O3/c1-9-7-10(2)20(16-9)12-3-4-14(22)19(17-12)8-13(21)15-11-5-6-23-18-11/h3-7H,8H2,1-2H3,(H,15,18,21). The van der Waals surface area contributed by atoms with E-state index in [-0.39, 0.29) is 17.9 Å². The Bertz CT molecular complexity index is 894. The normalized spacial score (nSPS) is 10.7. The first-order valence-electron chi connectivity index (χ1n) is 6.85. The van der Waals surface area contributed by atoms with Crippen LogP contribution in [0.2, 0.25) is 0 Å². The third kappa shape index (κ3) is 3.18. The number of nitrogens with one attached hydrogen (secondary N) is 1. The van der Waals surface area contributed by atoms with E-state index in [1.165, 1.54) is 18.4 Å². The molecule has 0 aliphatic carbocycles. The Hall–Kier alpha value is -3.23. The van der Waals surface area contributed by atoms with Gasteiger partial charge in [0.15, 0.2) is 11.6 Å². The first-order valence-corrected chi connectivity index (χ1v) is 6.85. The van der Waals surface area contributed by atoms with E-state index in [9.17, 15) is 9.59 Å². The van der Waals surface area contributed by atoms with Gasteiger partial charge in [0.05, 0.1) is 5.69 Å². The van der Waals surface area contributed by atoms with Crippen molar-refractivity contribution >= 4 is 11.7 Å². The van der Waals surface area contributed by atoms with Gasteiger partial charge in [-0.25, -0.2) is 9.36 Å². The predicted molar refractivity (Wildman–Crippen MR) is 80.2 cm³/mol. The van der Waals surface area contributed by atoms with E-state index in [1.54, 1.807) is 10.7 Å². The Morgan fingerprint density at radius 1 is 1.26 bits per heavy atom. The highest BCUT2D eigenvalue weighted by molar-refractivity contribution is 5.89. The fourth-order valence-corrected chi connectivity index (χ4v) is 2.12. The van der Waals surface area contributed by atoms with E-state index in [0.29, 0.717) is 5.82 Å². The van der Waals surface area contributed by atoms with Crippen molar-refractivity contribution in [1.29, 1.82) is 0 Å². The van der Waals surface area contributed by atoms with E-state index >= 15 is 0 Å². The number of nitrogens with zero attached hydrogens (tertiary/aromatic N) is 5. The van der Waals surface area contributed by atoms with Crippen LogP contribution in [0.3, 0.4) is 0 Å². The smallest absolute Gasteiger partial charge is 0.267 e. The van der Waals surface area contributed by atoms with Gasteiger partial charge in [0.1, 0.15) is 12.8 Å². The molecule has 1 amide bonds. The molecule has 3 rings (SSSR count). The van der Waals surface area contributed by atoms with Gasteiger partial charge in [0.2, 0.25) is 5.91 Å². The van der Waals surface area contributed by atoms with Gasteiger partial charge in [-0.2, -0.15) is 5.10 Å². The van der Waals surface area contributed by atoms with Crippen molar-refractivity contribution in [3.63, 3.8) is 0 Å². The molecule has 0 spiro atoms. The molecular weight excluding hydrogens is 300 g/mol. The Labute approximate surface area is 130 Å². The number of aromatic nitrogens is 5. The molecule has 0 atom stereocenters. The van der Waals surface area contributed by atoms with Crippen molar-refractivity contribution < 1.29 is 9.32 Å². The number of amides is 1. The highest BCUT2D eigenvalue weighted by Gasteiger charge is 2.11. The van der Waals surface area contributed by atoms with E-state index in [4.69, 9.17) is 0 Å². The number of anilines is 1. The maximum atomic E-state index is 11.9. The molecule has 1 N–H and O–H groups in total. The lowest BCUT2D eigenvalue weighted by Crippen LogP contribution is -2.30. The monoisotopic (exact) mass is 314 g/mol. The Kier molecular flexibility index (Phi) is 3.75. The van der Waals surface area contributed by atoms with Crippen LogP contribution in [0.25, 0.3) is 5.82 Å². The van der Waals surface area contributed by atoms with Gasteiger partial charge < -0.3 is 9.84 Å². The van der Waals surface area contributed by atoms with E-state index < -0.39 is 5.91 Å². The molecule has 0 aliphatic rings. The molecule has 0 saturated carbocycles. The molecule has 0 fully saturated rings. The third-order valence-corrected chi connectivity index (χ3v) is 3.08. The number of hydrogen-bond donors (Lipinski definition) is 1. The largest absolute Gasteiger partial charge is 0.363 e. The van der Waals surface area contributed by atoms with Gasteiger partial charge in [-0.1, -0.05) is 5.16 Å². The molecule has 3 aromatic rings. The van der Waals surface area contributed by atoms with Gasteiger partial charge in [0, 0.05) is 17.8 Å². The zero-order chi connectivity index (χ0) is 16.4. The molecule has 9 nitrogen and oxygen atoms in total. The summed E-state index contributed by atoms with van der Waals surface area (Å²) in [4.78, 5) is 23.8. The molecule has 0 radical (unpaired) electrons. The van der Waals surface area contributed by atoms with Crippen LogP contribution in [-0.4, -0.2) is 30.6 Å². The number of carbonyl (C=O) groups excluding carboxylic acids is 1. The van der Waals surface area contributed by atoms with Crippen LogP contribution in [-0.2, 0) is 11.3 Å². The quantitative estimate of drug-likeness (QED) is 0.758. The summed E-state index contributed by atoms with van der Waals surface area (Å²) in [5, 5.41) is 14.6. The Balaban J connectivity index is 1.85. The van der Waals surface area contributed by atoms with Crippen molar-refractivity contribution in [2.24, 2.45) is 0 Å². The molecule has 0 bridgehead atoms. The van der Waals surface area contributed by atoms with Crippen molar-refractivity contribution in [3.8, 4) is 5.82 Å². The summed E-state index contributed by atoms with van der Waals surface area (Å²) in [5.41, 5.74) is 1.34. The summed E-state index contributed by atoms with van der Waals surface area (Å²) in [6.45, 7) is 3.51. The number of rotatable bonds is 4. The second-order valence-corrected chi connectivity index (χ2v) is 4.96. The van der Waals surface area contributed by atoms with Gasteiger partial charge in [-0.05, 0) is 26.0 Å². The van der Waals surface area contributed by atoms with Crippen LogP contribution < -0.4 is 10.9 Å². The summed E-state index contributed by atoms with van der Waals surface area (Å²) in [6, 6.07) is 6.31. The predicted octanol–water partition coefficient (Wildman–Crippen LogP) is 0.673. The lowest BCUT2D eigenvalue weighted by Gasteiger charge is -2.07. The number of aryl methyl sites for hydroxylation is 2.